The van der Waals surface area contributed by atoms with Gasteiger partial charge in [-0.1, -0.05) is 43.7 Å². The first kappa shape index (κ1) is 17.0. The largest absolute Gasteiger partial charge is 0.480 e. The summed E-state index contributed by atoms with van der Waals surface area (Å²) in [5.41, 5.74) is 0.971. The second-order valence-corrected chi connectivity index (χ2v) is 5.37. The van der Waals surface area contributed by atoms with Gasteiger partial charge in [0.15, 0.2) is 0 Å². The summed E-state index contributed by atoms with van der Waals surface area (Å²) in [6.45, 7) is 5.97. The molecule has 0 aliphatic rings. The van der Waals surface area contributed by atoms with E-state index in [1.807, 2.05) is 31.2 Å². The van der Waals surface area contributed by atoms with Crippen LogP contribution in [0.4, 0.5) is 4.79 Å². The summed E-state index contributed by atoms with van der Waals surface area (Å²) in [6, 6.07) is 7.52. The third-order valence-electron chi connectivity index (χ3n) is 3.85. The molecule has 21 heavy (non-hydrogen) atoms. The molecule has 0 radical (unpaired) electrons. The van der Waals surface area contributed by atoms with Crippen LogP contribution in [0.3, 0.4) is 0 Å². The Labute approximate surface area is 126 Å². The topological polar surface area (TPSA) is 69.6 Å². The highest BCUT2D eigenvalue weighted by molar-refractivity contribution is 5.86. The summed E-state index contributed by atoms with van der Waals surface area (Å²) in [5.74, 6) is -0.996. The summed E-state index contributed by atoms with van der Waals surface area (Å²) >= 11 is 0. The average Bonchev–Trinajstić information content (AvgIpc) is 2.46. The minimum atomic E-state index is -1.20. The maximum absolute atomic E-state index is 12.2. The molecule has 0 fully saturated rings. The maximum atomic E-state index is 12.2. The number of carboxylic acids is 1. The molecule has 0 atom stereocenters. The Morgan fingerprint density at radius 3 is 2.14 bits per heavy atom. The van der Waals surface area contributed by atoms with Crippen molar-refractivity contribution in [2.24, 2.45) is 0 Å². The fraction of sp³-hybridized carbons (Fsp3) is 0.500. The standard InChI is InChI=1S/C16H24N2O3/c1-5-16(6-2,14(19)20)17-15(21)18(4)11-13-9-7-12(3)8-10-13/h7-10H,5-6,11H2,1-4H3,(H,17,21)(H,19,20). The van der Waals surface area contributed by atoms with Gasteiger partial charge in [0.1, 0.15) is 5.54 Å². The molecule has 2 amide bonds. The van der Waals surface area contributed by atoms with Crippen molar-refractivity contribution >= 4 is 12.0 Å². The molecule has 1 aromatic rings. The lowest BCUT2D eigenvalue weighted by molar-refractivity contribution is -0.144. The molecule has 0 aliphatic heterocycles. The summed E-state index contributed by atoms with van der Waals surface area (Å²) < 4.78 is 0. The number of amides is 2. The summed E-state index contributed by atoms with van der Waals surface area (Å²) in [5, 5.41) is 12.0. The number of hydrogen-bond donors (Lipinski definition) is 2. The van der Waals surface area contributed by atoms with E-state index in [4.69, 9.17) is 0 Å². The molecule has 1 rings (SSSR count). The van der Waals surface area contributed by atoms with Crippen LogP contribution in [-0.2, 0) is 11.3 Å². The maximum Gasteiger partial charge on any atom is 0.329 e. The number of carbonyl (C=O) groups excluding carboxylic acids is 1. The minimum absolute atomic E-state index is 0.350. The second kappa shape index (κ2) is 7.11. The van der Waals surface area contributed by atoms with Gasteiger partial charge in [-0.3, -0.25) is 0 Å². The van der Waals surface area contributed by atoms with E-state index in [0.29, 0.717) is 19.4 Å². The lowest BCUT2D eigenvalue weighted by Crippen LogP contribution is -2.56. The number of carboxylic acid groups (broad SMARTS) is 1. The van der Waals surface area contributed by atoms with Crippen LogP contribution in [0.5, 0.6) is 0 Å². The van der Waals surface area contributed by atoms with E-state index >= 15 is 0 Å². The molecule has 116 valence electrons. The third kappa shape index (κ3) is 4.21. The zero-order chi connectivity index (χ0) is 16.0. The van der Waals surface area contributed by atoms with Crippen LogP contribution in [0.2, 0.25) is 0 Å². The van der Waals surface area contributed by atoms with Crippen LogP contribution in [-0.4, -0.2) is 34.6 Å². The fourth-order valence-corrected chi connectivity index (χ4v) is 2.12. The van der Waals surface area contributed by atoms with E-state index in [-0.39, 0.29) is 6.03 Å². The van der Waals surface area contributed by atoms with Crippen molar-refractivity contribution in [3.63, 3.8) is 0 Å². The lowest BCUT2D eigenvalue weighted by Gasteiger charge is -2.30. The Hall–Kier alpha value is -2.04. The zero-order valence-corrected chi connectivity index (χ0v) is 13.1. The number of nitrogens with zero attached hydrogens (tertiary/aromatic N) is 1. The monoisotopic (exact) mass is 292 g/mol. The van der Waals surface area contributed by atoms with Crippen LogP contribution >= 0.6 is 0 Å². The highest BCUT2D eigenvalue weighted by Gasteiger charge is 2.37. The Bertz CT molecular complexity index is 493. The smallest absolute Gasteiger partial charge is 0.329 e. The number of rotatable bonds is 6. The molecule has 0 spiro atoms. The zero-order valence-electron chi connectivity index (χ0n) is 13.1. The molecule has 2 N–H and O–H groups in total. The van der Waals surface area contributed by atoms with Gasteiger partial charge in [-0.05, 0) is 25.3 Å². The summed E-state index contributed by atoms with van der Waals surface area (Å²) in [6.07, 6.45) is 0.700. The van der Waals surface area contributed by atoms with Gasteiger partial charge in [0.05, 0.1) is 0 Å². The van der Waals surface area contributed by atoms with Crippen LogP contribution in [0.25, 0.3) is 0 Å². The molecule has 0 aliphatic carbocycles. The van der Waals surface area contributed by atoms with Crippen molar-refractivity contribution in [3.8, 4) is 0 Å². The molecule has 0 bridgehead atoms. The third-order valence-corrected chi connectivity index (χ3v) is 3.85. The van der Waals surface area contributed by atoms with Gasteiger partial charge in [-0.25, -0.2) is 9.59 Å². The van der Waals surface area contributed by atoms with E-state index in [2.05, 4.69) is 5.32 Å². The van der Waals surface area contributed by atoms with Crippen molar-refractivity contribution in [2.45, 2.75) is 45.7 Å². The van der Waals surface area contributed by atoms with Gasteiger partial charge in [0.25, 0.3) is 0 Å². The number of urea groups is 1. The molecule has 0 heterocycles. The van der Waals surface area contributed by atoms with Crippen LogP contribution < -0.4 is 5.32 Å². The number of aliphatic carboxylic acids is 1. The Balaban J connectivity index is 2.73. The summed E-state index contributed by atoms with van der Waals surface area (Å²) in [7, 11) is 1.66. The van der Waals surface area contributed by atoms with Gasteiger partial charge < -0.3 is 15.3 Å². The predicted octanol–water partition coefficient (Wildman–Crippen LogP) is 2.78. The fourth-order valence-electron chi connectivity index (χ4n) is 2.12. The van der Waals surface area contributed by atoms with Crippen molar-refractivity contribution in [1.82, 2.24) is 10.2 Å². The minimum Gasteiger partial charge on any atom is -0.480 e. The Morgan fingerprint density at radius 1 is 1.19 bits per heavy atom. The van der Waals surface area contributed by atoms with Crippen LogP contribution in [0.15, 0.2) is 24.3 Å². The molecular weight excluding hydrogens is 268 g/mol. The van der Waals surface area contributed by atoms with E-state index in [9.17, 15) is 14.7 Å². The molecule has 0 aromatic heterocycles. The molecule has 0 saturated heterocycles. The number of benzene rings is 1. The van der Waals surface area contributed by atoms with Crippen LogP contribution in [0, 0.1) is 6.92 Å². The van der Waals surface area contributed by atoms with Crippen molar-refractivity contribution < 1.29 is 14.7 Å². The second-order valence-electron chi connectivity index (χ2n) is 5.37. The van der Waals surface area contributed by atoms with Gasteiger partial charge >= 0.3 is 12.0 Å². The average molecular weight is 292 g/mol. The van der Waals surface area contributed by atoms with E-state index < -0.39 is 11.5 Å². The Kier molecular flexibility index (Phi) is 5.76. The van der Waals surface area contributed by atoms with Gasteiger partial charge in [-0.15, -0.1) is 0 Å². The Morgan fingerprint density at radius 2 is 1.71 bits per heavy atom. The summed E-state index contributed by atoms with van der Waals surface area (Å²) in [4.78, 5) is 25.1. The molecule has 0 unspecified atom stereocenters. The van der Waals surface area contributed by atoms with Crippen molar-refractivity contribution in [2.75, 3.05) is 7.05 Å². The van der Waals surface area contributed by atoms with Crippen LogP contribution in [0.1, 0.15) is 37.8 Å². The van der Waals surface area contributed by atoms with Crippen molar-refractivity contribution in [1.29, 1.82) is 0 Å². The molecule has 1 aromatic carbocycles. The number of aryl methyl sites for hydroxylation is 1. The van der Waals surface area contributed by atoms with E-state index in [1.54, 1.807) is 20.9 Å². The number of nitrogens with one attached hydrogen (secondary N) is 1. The quantitative estimate of drug-likeness (QED) is 0.847. The van der Waals surface area contributed by atoms with Gasteiger partial charge in [-0.2, -0.15) is 0 Å². The van der Waals surface area contributed by atoms with Crippen molar-refractivity contribution in [3.05, 3.63) is 35.4 Å². The first-order chi connectivity index (χ1) is 9.84. The SMILES string of the molecule is CCC(CC)(NC(=O)N(C)Cc1ccc(C)cc1)C(=O)O. The number of carbonyl (C=O) groups is 2. The van der Waals surface area contributed by atoms with E-state index in [0.717, 1.165) is 11.1 Å². The van der Waals surface area contributed by atoms with Gasteiger partial charge in [0, 0.05) is 13.6 Å². The highest BCUT2D eigenvalue weighted by atomic mass is 16.4. The number of hydrogen-bond acceptors (Lipinski definition) is 2. The predicted molar refractivity (Wildman–Crippen MR) is 82.1 cm³/mol. The highest BCUT2D eigenvalue weighted by Crippen LogP contribution is 2.16. The normalized spacial score (nSPS) is 11.0. The molecular formula is C16H24N2O3. The van der Waals surface area contributed by atoms with Gasteiger partial charge in [0.2, 0.25) is 0 Å². The first-order valence-electron chi connectivity index (χ1n) is 7.17. The van der Waals surface area contributed by atoms with E-state index in [1.165, 1.54) is 4.90 Å². The molecule has 5 nitrogen and oxygen atoms in total. The molecule has 5 heteroatoms. The lowest BCUT2D eigenvalue weighted by atomic mass is 9.93. The first-order valence-corrected chi connectivity index (χ1v) is 7.17. The molecule has 0 saturated carbocycles.